The molecule has 0 saturated heterocycles. The van der Waals surface area contributed by atoms with Crippen molar-refractivity contribution >= 4 is 0 Å². The summed E-state index contributed by atoms with van der Waals surface area (Å²) in [6.07, 6.45) is -0.787. The summed E-state index contributed by atoms with van der Waals surface area (Å²) in [6, 6.07) is 10.8. The van der Waals surface area contributed by atoms with Crippen LogP contribution in [0.25, 0.3) is 0 Å². The number of hydrogen-bond acceptors (Lipinski definition) is 2. The zero-order chi connectivity index (χ0) is 15.6. The van der Waals surface area contributed by atoms with Gasteiger partial charge in [0.25, 0.3) is 0 Å². The molecule has 0 amide bonds. The lowest BCUT2D eigenvalue weighted by Gasteiger charge is -2.15. The van der Waals surface area contributed by atoms with Crippen molar-refractivity contribution in [3.8, 4) is 11.5 Å². The molecule has 0 aromatic heterocycles. The van der Waals surface area contributed by atoms with Gasteiger partial charge in [0, 0.05) is 5.56 Å². The molecule has 0 heterocycles. The maximum Gasteiger partial charge on any atom is 0.133 e. The molecule has 21 heavy (non-hydrogen) atoms. The van der Waals surface area contributed by atoms with E-state index in [-0.39, 0.29) is 5.82 Å². The zero-order valence-electron chi connectivity index (χ0n) is 12.9. The summed E-state index contributed by atoms with van der Waals surface area (Å²) >= 11 is 0. The fourth-order valence-electron chi connectivity index (χ4n) is 2.13. The lowest BCUT2D eigenvalue weighted by Crippen LogP contribution is -1.99. The number of halogens is 1. The summed E-state index contributed by atoms with van der Waals surface area (Å²) in [4.78, 5) is 0. The van der Waals surface area contributed by atoms with Crippen LogP contribution in [0.4, 0.5) is 4.39 Å². The first-order valence-corrected chi connectivity index (χ1v) is 7.14. The van der Waals surface area contributed by atoms with Gasteiger partial charge in [-0.15, -0.1) is 0 Å². The molecule has 0 radical (unpaired) electrons. The van der Waals surface area contributed by atoms with Crippen molar-refractivity contribution < 1.29 is 14.2 Å². The predicted octanol–water partition coefficient (Wildman–Crippen LogP) is 5.10. The van der Waals surface area contributed by atoms with Crippen LogP contribution in [0.2, 0.25) is 0 Å². The van der Waals surface area contributed by atoms with Gasteiger partial charge in [0.05, 0.1) is 6.10 Å². The number of hydrogen-bond donors (Lipinski definition) is 1. The quantitative estimate of drug-likeness (QED) is 0.847. The second-order valence-electron chi connectivity index (χ2n) is 5.64. The highest BCUT2D eigenvalue weighted by Gasteiger charge is 2.14. The molecule has 2 nitrogen and oxygen atoms in total. The van der Waals surface area contributed by atoms with Crippen LogP contribution in [0.5, 0.6) is 11.5 Å². The second-order valence-corrected chi connectivity index (χ2v) is 5.64. The topological polar surface area (TPSA) is 29.5 Å². The summed E-state index contributed by atoms with van der Waals surface area (Å²) in [5.41, 5.74) is 2.17. The fourth-order valence-corrected chi connectivity index (χ4v) is 2.13. The van der Waals surface area contributed by atoms with Crippen molar-refractivity contribution in [3.05, 3.63) is 58.9 Å². The van der Waals surface area contributed by atoms with Crippen LogP contribution >= 0.6 is 0 Å². The maximum absolute atomic E-state index is 13.6. The lowest BCUT2D eigenvalue weighted by atomic mass is 10.0. The molecule has 0 aliphatic heterocycles. The number of aryl methyl sites for hydroxylation is 1. The first kappa shape index (κ1) is 15.5. The van der Waals surface area contributed by atoms with Gasteiger partial charge in [-0.05, 0) is 55.2 Å². The van der Waals surface area contributed by atoms with Gasteiger partial charge in [-0.3, -0.25) is 0 Å². The van der Waals surface area contributed by atoms with E-state index >= 15 is 0 Å². The van der Waals surface area contributed by atoms with E-state index in [1.807, 2.05) is 24.3 Å². The first-order valence-electron chi connectivity index (χ1n) is 7.14. The second kappa shape index (κ2) is 6.27. The standard InChI is InChI=1S/C18H21FO2/c1-11(2)14-5-7-15(8-6-14)21-18-9-12(3)17(19)10-16(18)13(4)20/h5-11,13,20H,1-4H3. The summed E-state index contributed by atoms with van der Waals surface area (Å²) < 4.78 is 19.4. The highest BCUT2D eigenvalue weighted by atomic mass is 19.1. The third kappa shape index (κ3) is 3.61. The van der Waals surface area contributed by atoms with Crippen LogP contribution in [-0.4, -0.2) is 5.11 Å². The number of aliphatic hydroxyl groups is 1. The third-order valence-electron chi connectivity index (χ3n) is 3.52. The van der Waals surface area contributed by atoms with Gasteiger partial charge in [0.2, 0.25) is 0 Å². The first-order chi connectivity index (χ1) is 9.88. The van der Waals surface area contributed by atoms with Crippen molar-refractivity contribution in [1.82, 2.24) is 0 Å². The van der Waals surface area contributed by atoms with Gasteiger partial charge < -0.3 is 9.84 Å². The number of aliphatic hydroxyl groups excluding tert-OH is 1. The van der Waals surface area contributed by atoms with Crippen LogP contribution in [0.1, 0.15) is 49.5 Å². The van der Waals surface area contributed by atoms with Crippen molar-refractivity contribution in [3.63, 3.8) is 0 Å². The molecule has 1 unspecified atom stereocenters. The Morgan fingerprint density at radius 1 is 1.05 bits per heavy atom. The molecule has 1 atom stereocenters. The molecule has 112 valence electrons. The smallest absolute Gasteiger partial charge is 0.133 e. The van der Waals surface area contributed by atoms with Crippen LogP contribution in [0.3, 0.4) is 0 Å². The lowest BCUT2D eigenvalue weighted by molar-refractivity contribution is 0.195. The van der Waals surface area contributed by atoms with Crippen molar-refractivity contribution in [1.29, 1.82) is 0 Å². The number of ether oxygens (including phenoxy) is 1. The molecule has 0 bridgehead atoms. The SMILES string of the molecule is Cc1cc(Oc2ccc(C(C)C)cc2)c(C(C)O)cc1F. The van der Waals surface area contributed by atoms with Crippen molar-refractivity contribution in [2.24, 2.45) is 0 Å². The molecule has 3 heteroatoms. The van der Waals surface area contributed by atoms with Gasteiger partial charge in [-0.25, -0.2) is 4.39 Å². The van der Waals surface area contributed by atoms with Gasteiger partial charge in [0.15, 0.2) is 0 Å². The maximum atomic E-state index is 13.6. The minimum absolute atomic E-state index is 0.339. The van der Waals surface area contributed by atoms with E-state index in [9.17, 15) is 9.50 Å². The molecular formula is C18H21FO2. The zero-order valence-corrected chi connectivity index (χ0v) is 12.9. The average Bonchev–Trinajstić information content (AvgIpc) is 2.43. The van der Waals surface area contributed by atoms with Crippen LogP contribution in [0, 0.1) is 12.7 Å². The van der Waals surface area contributed by atoms with E-state index in [0.29, 0.717) is 28.5 Å². The molecule has 2 rings (SSSR count). The minimum Gasteiger partial charge on any atom is -0.457 e. The molecule has 0 fully saturated rings. The Hall–Kier alpha value is -1.87. The van der Waals surface area contributed by atoms with Crippen LogP contribution in [0.15, 0.2) is 36.4 Å². The summed E-state index contributed by atoms with van der Waals surface area (Å²) in [7, 11) is 0. The Morgan fingerprint density at radius 2 is 1.67 bits per heavy atom. The highest BCUT2D eigenvalue weighted by Crippen LogP contribution is 2.32. The van der Waals surface area contributed by atoms with E-state index in [1.165, 1.54) is 11.6 Å². The summed E-state index contributed by atoms with van der Waals surface area (Å²) in [5, 5.41) is 9.77. The van der Waals surface area contributed by atoms with E-state index < -0.39 is 6.10 Å². The third-order valence-corrected chi connectivity index (χ3v) is 3.52. The Morgan fingerprint density at radius 3 is 2.19 bits per heavy atom. The molecule has 0 saturated carbocycles. The molecule has 2 aromatic carbocycles. The molecule has 1 N–H and O–H groups in total. The normalized spacial score (nSPS) is 12.5. The van der Waals surface area contributed by atoms with Gasteiger partial charge in [-0.1, -0.05) is 26.0 Å². The number of benzene rings is 2. The Labute approximate surface area is 125 Å². The van der Waals surface area contributed by atoms with E-state index in [4.69, 9.17) is 4.74 Å². The van der Waals surface area contributed by atoms with Crippen molar-refractivity contribution in [2.75, 3.05) is 0 Å². The van der Waals surface area contributed by atoms with Gasteiger partial charge in [-0.2, -0.15) is 0 Å². The average molecular weight is 288 g/mol. The summed E-state index contributed by atoms with van der Waals surface area (Å²) in [5.74, 6) is 1.28. The predicted molar refractivity (Wildman–Crippen MR) is 82.4 cm³/mol. The van der Waals surface area contributed by atoms with E-state index in [2.05, 4.69) is 13.8 Å². The Kier molecular flexibility index (Phi) is 4.63. The molecule has 0 spiro atoms. The van der Waals surface area contributed by atoms with Crippen molar-refractivity contribution in [2.45, 2.75) is 39.7 Å². The molecule has 2 aromatic rings. The monoisotopic (exact) mass is 288 g/mol. The molecule has 0 aliphatic rings. The Bertz CT molecular complexity index is 616. The van der Waals surface area contributed by atoms with Gasteiger partial charge >= 0.3 is 0 Å². The van der Waals surface area contributed by atoms with Crippen LogP contribution < -0.4 is 4.74 Å². The van der Waals surface area contributed by atoms with E-state index in [0.717, 1.165) is 0 Å². The fraction of sp³-hybridized carbons (Fsp3) is 0.333. The largest absolute Gasteiger partial charge is 0.457 e. The summed E-state index contributed by atoms with van der Waals surface area (Å²) in [6.45, 7) is 7.53. The van der Waals surface area contributed by atoms with Gasteiger partial charge in [0.1, 0.15) is 17.3 Å². The number of rotatable bonds is 4. The minimum atomic E-state index is -0.787. The van der Waals surface area contributed by atoms with E-state index in [1.54, 1.807) is 19.9 Å². The Balaban J connectivity index is 2.32. The molecule has 0 aliphatic carbocycles. The van der Waals surface area contributed by atoms with Crippen LogP contribution in [-0.2, 0) is 0 Å². The molecular weight excluding hydrogens is 267 g/mol. The highest BCUT2D eigenvalue weighted by molar-refractivity contribution is 5.42.